The zero-order chi connectivity index (χ0) is 13.1. The molecule has 1 fully saturated rings. The Kier molecular flexibility index (Phi) is 6.24. The fourth-order valence-corrected chi connectivity index (χ4v) is 2.94. The second-order valence-corrected chi connectivity index (χ2v) is 5.46. The molecule has 0 saturated carbocycles. The van der Waals surface area contributed by atoms with E-state index in [9.17, 15) is 4.39 Å². The van der Waals surface area contributed by atoms with Crippen molar-refractivity contribution in [3.05, 3.63) is 35.1 Å². The summed E-state index contributed by atoms with van der Waals surface area (Å²) in [6, 6.07) is 5.47. The van der Waals surface area contributed by atoms with Gasteiger partial charge in [-0.2, -0.15) is 0 Å². The Bertz CT molecular complexity index is 411. The number of nitrogens with zero attached hydrogens (tertiary/aromatic N) is 1. The van der Waals surface area contributed by atoms with Crippen LogP contribution < -0.4 is 5.73 Å². The molecular formula is C15H24ClFN2. The van der Waals surface area contributed by atoms with E-state index in [2.05, 4.69) is 11.8 Å². The Hall–Kier alpha value is -0.640. The molecule has 4 heteroatoms. The third kappa shape index (κ3) is 3.91. The molecule has 1 heterocycles. The predicted molar refractivity (Wildman–Crippen MR) is 80.0 cm³/mol. The summed E-state index contributed by atoms with van der Waals surface area (Å²) in [6.45, 7) is 6.88. The van der Waals surface area contributed by atoms with E-state index < -0.39 is 0 Å². The third-order valence-electron chi connectivity index (χ3n) is 4.16. The maximum Gasteiger partial charge on any atom is 0.123 e. The molecule has 1 aliphatic rings. The molecule has 19 heavy (non-hydrogen) atoms. The van der Waals surface area contributed by atoms with Crippen molar-refractivity contribution < 1.29 is 4.39 Å². The van der Waals surface area contributed by atoms with Crippen LogP contribution in [0.2, 0.25) is 0 Å². The van der Waals surface area contributed by atoms with E-state index in [0.717, 1.165) is 24.2 Å². The monoisotopic (exact) mass is 286 g/mol. The molecule has 0 aromatic heterocycles. The minimum atomic E-state index is -0.148. The van der Waals surface area contributed by atoms with Gasteiger partial charge in [0.1, 0.15) is 5.82 Å². The molecule has 2 rings (SSSR count). The van der Waals surface area contributed by atoms with E-state index in [-0.39, 0.29) is 18.2 Å². The number of nitrogens with two attached hydrogens (primary N) is 1. The van der Waals surface area contributed by atoms with Gasteiger partial charge in [0.15, 0.2) is 0 Å². The molecule has 0 bridgehead atoms. The lowest BCUT2D eigenvalue weighted by molar-refractivity contribution is 0.0988. The minimum absolute atomic E-state index is 0. The van der Waals surface area contributed by atoms with Crippen molar-refractivity contribution in [3.8, 4) is 0 Å². The van der Waals surface area contributed by atoms with Crippen LogP contribution in [0.5, 0.6) is 0 Å². The summed E-state index contributed by atoms with van der Waals surface area (Å²) in [4.78, 5) is 2.41. The highest BCUT2D eigenvalue weighted by molar-refractivity contribution is 5.85. The molecule has 1 aromatic carbocycles. The Morgan fingerprint density at radius 2 is 2.16 bits per heavy atom. The average molecular weight is 287 g/mol. The normalized spacial score (nSPS) is 24.0. The van der Waals surface area contributed by atoms with Gasteiger partial charge in [0.25, 0.3) is 0 Å². The molecule has 2 atom stereocenters. The van der Waals surface area contributed by atoms with E-state index >= 15 is 0 Å². The van der Waals surface area contributed by atoms with Crippen molar-refractivity contribution >= 4 is 12.4 Å². The van der Waals surface area contributed by atoms with Crippen LogP contribution in [0.1, 0.15) is 30.9 Å². The first-order chi connectivity index (χ1) is 8.61. The molecule has 108 valence electrons. The lowest BCUT2D eigenvalue weighted by Gasteiger charge is -2.39. The van der Waals surface area contributed by atoms with Gasteiger partial charge < -0.3 is 5.73 Å². The van der Waals surface area contributed by atoms with E-state index in [1.165, 1.54) is 18.9 Å². The Morgan fingerprint density at radius 1 is 1.42 bits per heavy atom. The van der Waals surface area contributed by atoms with Crippen LogP contribution in [-0.2, 0) is 6.54 Å². The highest BCUT2D eigenvalue weighted by atomic mass is 35.5. The summed E-state index contributed by atoms with van der Waals surface area (Å²) in [5.41, 5.74) is 8.13. The van der Waals surface area contributed by atoms with Crippen LogP contribution in [0.25, 0.3) is 0 Å². The molecule has 0 amide bonds. The van der Waals surface area contributed by atoms with Crippen LogP contribution in [-0.4, -0.2) is 24.0 Å². The number of piperidine rings is 1. The number of benzene rings is 1. The second-order valence-electron chi connectivity index (χ2n) is 5.46. The van der Waals surface area contributed by atoms with Crippen molar-refractivity contribution in [2.24, 2.45) is 11.7 Å². The number of hydrogen-bond donors (Lipinski definition) is 1. The van der Waals surface area contributed by atoms with Crippen LogP contribution in [0.15, 0.2) is 18.2 Å². The van der Waals surface area contributed by atoms with Gasteiger partial charge in [-0.05, 0) is 55.5 Å². The quantitative estimate of drug-likeness (QED) is 0.925. The van der Waals surface area contributed by atoms with Gasteiger partial charge >= 0.3 is 0 Å². The first-order valence-electron chi connectivity index (χ1n) is 6.81. The van der Waals surface area contributed by atoms with E-state index in [4.69, 9.17) is 5.73 Å². The van der Waals surface area contributed by atoms with E-state index in [1.54, 1.807) is 6.07 Å². The summed E-state index contributed by atoms with van der Waals surface area (Å²) in [5.74, 6) is 0.488. The molecule has 2 unspecified atom stereocenters. The molecule has 0 aliphatic carbocycles. The van der Waals surface area contributed by atoms with Gasteiger partial charge in [0, 0.05) is 19.1 Å². The highest BCUT2D eigenvalue weighted by Crippen LogP contribution is 2.25. The van der Waals surface area contributed by atoms with Gasteiger partial charge in [0.05, 0.1) is 0 Å². The SMILES string of the molecule is Cc1ccc(F)cc1CN1CCCC(C)C1CN.Cl. The summed E-state index contributed by atoms with van der Waals surface area (Å²) in [5, 5.41) is 0. The zero-order valence-corrected chi connectivity index (χ0v) is 12.5. The maximum absolute atomic E-state index is 13.3. The lowest BCUT2D eigenvalue weighted by Crippen LogP contribution is -2.48. The Morgan fingerprint density at radius 3 is 2.84 bits per heavy atom. The summed E-state index contributed by atoms with van der Waals surface area (Å²) in [6.07, 6.45) is 2.46. The van der Waals surface area contributed by atoms with Gasteiger partial charge in [-0.3, -0.25) is 4.90 Å². The molecule has 0 spiro atoms. The highest BCUT2D eigenvalue weighted by Gasteiger charge is 2.27. The van der Waals surface area contributed by atoms with Crippen LogP contribution >= 0.6 is 12.4 Å². The summed E-state index contributed by atoms with van der Waals surface area (Å²) in [7, 11) is 0. The fourth-order valence-electron chi connectivity index (χ4n) is 2.94. The summed E-state index contributed by atoms with van der Waals surface area (Å²) >= 11 is 0. The average Bonchev–Trinajstić information content (AvgIpc) is 2.34. The van der Waals surface area contributed by atoms with Crippen LogP contribution in [0.4, 0.5) is 4.39 Å². The largest absolute Gasteiger partial charge is 0.329 e. The third-order valence-corrected chi connectivity index (χ3v) is 4.16. The molecule has 0 radical (unpaired) electrons. The van der Waals surface area contributed by atoms with Gasteiger partial charge in [0.2, 0.25) is 0 Å². The predicted octanol–water partition coefficient (Wildman–Crippen LogP) is 3.12. The first kappa shape index (κ1) is 16.4. The number of rotatable bonds is 3. The fraction of sp³-hybridized carbons (Fsp3) is 0.600. The van der Waals surface area contributed by atoms with Crippen molar-refractivity contribution in [2.75, 3.05) is 13.1 Å². The van der Waals surface area contributed by atoms with Crippen LogP contribution in [0.3, 0.4) is 0 Å². The standard InChI is InChI=1S/C15H23FN2.ClH/c1-11-5-6-14(16)8-13(11)10-18-7-3-4-12(2)15(18)9-17;/h5-6,8,12,15H,3-4,7,9-10,17H2,1-2H3;1H. The van der Waals surface area contributed by atoms with Crippen molar-refractivity contribution in [2.45, 2.75) is 39.3 Å². The van der Waals surface area contributed by atoms with Crippen molar-refractivity contribution in [1.29, 1.82) is 0 Å². The van der Waals surface area contributed by atoms with Crippen LogP contribution in [0, 0.1) is 18.7 Å². The molecular weight excluding hydrogens is 263 g/mol. The molecule has 2 nitrogen and oxygen atoms in total. The summed E-state index contributed by atoms with van der Waals surface area (Å²) < 4.78 is 13.3. The van der Waals surface area contributed by atoms with Crippen molar-refractivity contribution in [3.63, 3.8) is 0 Å². The van der Waals surface area contributed by atoms with E-state index in [0.29, 0.717) is 18.5 Å². The molecule has 2 N–H and O–H groups in total. The van der Waals surface area contributed by atoms with Gasteiger partial charge in [-0.1, -0.05) is 13.0 Å². The number of likely N-dealkylation sites (tertiary alicyclic amines) is 1. The number of halogens is 2. The molecule has 1 aliphatic heterocycles. The zero-order valence-electron chi connectivity index (χ0n) is 11.7. The number of aryl methyl sites for hydroxylation is 1. The Balaban J connectivity index is 0.00000180. The first-order valence-corrected chi connectivity index (χ1v) is 6.81. The lowest BCUT2D eigenvalue weighted by atomic mass is 9.90. The van der Waals surface area contributed by atoms with Crippen molar-refractivity contribution in [1.82, 2.24) is 4.90 Å². The minimum Gasteiger partial charge on any atom is -0.329 e. The molecule has 1 saturated heterocycles. The smallest absolute Gasteiger partial charge is 0.123 e. The van der Waals surface area contributed by atoms with Gasteiger partial charge in [-0.15, -0.1) is 12.4 Å². The maximum atomic E-state index is 13.3. The molecule has 1 aromatic rings. The second kappa shape index (κ2) is 7.22. The van der Waals surface area contributed by atoms with Gasteiger partial charge in [-0.25, -0.2) is 4.39 Å². The Labute approximate surface area is 121 Å². The van der Waals surface area contributed by atoms with E-state index in [1.807, 2.05) is 13.0 Å². The topological polar surface area (TPSA) is 29.3 Å². The number of hydrogen-bond acceptors (Lipinski definition) is 2.